The molecule has 3 N–H and O–H groups in total. The predicted octanol–water partition coefficient (Wildman–Crippen LogP) is 0.614. The molecule has 0 radical (unpaired) electrons. The lowest BCUT2D eigenvalue weighted by molar-refractivity contribution is -0.753. The summed E-state index contributed by atoms with van der Waals surface area (Å²) in [7, 11) is 0. The number of carboxylic acid groups (broad SMARTS) is 2. The van der Waals surface area contributed by atoms with E-state index in [1.807, 2.05) is 0 Å². The molecular weight excluding hydrogens is 373 g/mol. The van der Waals surface area contributed by atoms with E-state index in [0.717, 1.165) is 0 Å². The Morgan fingerprint density at radius 1 is 1.31 bits per heavy atom. The molecule has 2 rings (SSSR count). The van der Waals surface area contributed by atoms with Crippen LogP contribution in [0.2, 0.25) is 0 Å². The van der Waals surface area contributed by atoms with Gasteiger partial charge in [-0.05, 0) is 5.10 Å². The van der Waals surface area contributed by atoms with Crippen LogP contribution in [0, 0.1) is 0 Å². The van der Waals surface area contributed by atoms with Crippen LogP contribution in [0.15, 0.2) is 18.5 Å². The maximum absolute atomic E-state index is 12.6. The van der Waals surface area contributed by atoms with E-state index in [-0.39, 0.29) is 24.9 Å². The summed E-state index contributed by atoms with van der Waals surface area (Å²) in [5.74, 6) is -7.13. The van der Waals surface area contributed by atoms with Gasteiger partial charge in [0.2, 0.25) is 0 Å². The summed E-state index contributed by atoms with van der Waals surface area (Å²) in [6, 6.07) is 0.310. The first kappa shape index (κ1) is 21.2. The van der Waals surface area contributed by atoms with Crippen LogP contribution in [0.4, 0.5) is 22.0 Å². The van der Waals surface area contributed by atoms with Crippen LogP contribution in [-0.2, 0) is 16.1 Å². The van der Waals surface area contributed by atoms with Gasteiger partial charge in [-0.3, -0.25) is 9.59 Å². The number of alkyl halides is 5. The Labute approximate surface area is 142 Å². The largest absolute Gasteiger partial charge is 0.490 e. The van der Waals surface area contributed by atoms with E-state index in [0.29, 0.717) is 0 Å². The number of nitrogens with zero attached hydrogens (tertiary/aromatic N) is 2. The number of carbonyl (C=O) groups is 3. The monoisotopic (exact) mass is 386 g/mol. The van der Waals surface area contributed by atoms with Crippen molar-refractivity contribution >= 4 is 17.8 Å². The normalized spacial score (nSPS) is 17.5. The molecule has 1 saturated carbocycles. The standard InChI is InChI=1S/C11H11F2N3O3.C2HF3O2/c12-11(13)5-8(11)15-10(19)7-1-3-16(14-6-7)4-2-9(17)18;3-2(4,5)1(6)7/h1,3,6,8H,2,4-5H2,(H-,15,17,18,19);(H,6,7)/p+1. The van der Waals surface area contributed by atoms with Crippen molar-refractivity contribution in [3.8, 4) is 0 Å². The van der Waals surface area contributed by atoms with Gasteiger partial charge < -0.3 is 15.5 Å². The van der Waals surface area contributed by atoms with Gasteiger partial charge in [0.1, 0.15) is 12.6 Å². The van der Waals surface area contributed by atoms with Gasteiger partial charge >= 0.3 is 18.1 Å². The third-order valence-corrected chi connectivity index (χ3v) is 2.96. The topological polar surface area (TPSA) is 120 Å². The Hall–Kier alpha value is -2.86. The molecular formula is C13H13F5N3O5+. The second-order valence-corrected chi connectivity index (χ2v) is 5.12. The molecule has 144 valence electrons. The number of aliphatic carboxylic acids is 2. The van der Waals surface area contributed by atoms with Crippen LogP contribution >= 0.6 is 0 Å². The van der Waals surface area contributed by atoms with E-state index in [1.165, 1.54) is 23.1 Å². The summed E-state index contributed by atoms with van der Waals surface area (Å²) < 4.78 is 58.3. The minimum Gasteiger partial charge on any atom is -0.481 e. The van der Waals surface area contributed by atoms with E-state index in [2.05, 4.69) is 10.4 Å². The molecule has 1 aliphatic rings. The Kier molecular flexibility index (Phi) is 6.53. The van der Waals surface area contributed by atoms with Crippen molar-refractivity contribution in [1.29, 1.82) is 0 Å². The number of carbonyl (C=O) groups excluding carboxylic acids is 1. The molecule has 0 aliphatic heterocycles. The van der Waals surface area contributed by atoms with Gasteiger partial charge in [0.25, 0.3) is 11.8 Å². The third-order valence-electron chi connectivity index (χ3n) is 2.96. The summed E-state index contributed by atoms with van der Waals surface area (Å²) in [6.07, 6.45) is -2.85. The second kappa shape index (κ2) is 8.01. The Bertz CT molecular complexity index is 678. The molecule has 0 aromatic carbocycles. The fraction of sp³-hybridized carbons (Fsp3) is 0.462. The molecule has 1 aromatic heterocycles. The zero-order chi connectivity index (χ0) is 20.1. The predicted molar refractivity (Wildman–Crippen MR) is 71.2 cm³/mol. The van der Waals surface area contributed by atoms with Gasteiger partial charge in [-0.25, -0.2) is 13.6 Å². The maximum Gasteiger partial charge on any atom is 0.490 e. The molecule has 1 unspecified atom stereocenters. The first-order valence-corrected chi connectivity index (χ1v) is 6.89. The molecule has 26 heavy (non-hydrogen) atoms. The average Bonchev–Trinajstić information content (AvgIpc) is 3.11. The highest BCUT2D eigenvalue weighted by Crippen LogP contribution is 2.41. The molecule has 0 bridgehead atoms. The Morgan fingerprint density at radius 3 is 2.19 bits per heavy atom. The van der Waals surface area contributed by atoms with Crippen LogP contribution in [0.25, 0.3) is 0 Å². The van der Waals surface area contributed by atoms with Crippen LogP contribution in [0.3, 0.4) is 0 Å². The SMILES string of the molecule is O=C(O)C(F)(F)F.O=C(O)CC[n+]1ccc(C(=O)NC2CC2(F)F)cn1. The van der Waals surface area contributed by atoms with Gasteiger partial charge in [0, 0.05) is 12.5 Å². The van der Waals surface area contributed by atoms with Crippen molar-refractivity contribution in [2.24, 2.45) is 0 Å². The van der Waals surface area contributed by atoms with Crippen LogP contribution in [0.1, 0.15) is 23.2 Å². The minimum absolute atomic E-state index is 0.0858. The second-order valence-electron chi connectivity index (χ2n) is 5.12. The molecule has 1 atom stereocenters. The molecule has 1 aromatic rings. The Balaban J connectivity index is 0.000000412. The highest BCUT2D eigenvalue weighted by Gasteiger charge is 2.57. The lowest BCUT2D eigenvalue weighted by atomic mass is 10.3. The van der Waals surface area contributed by atoms with Crippen LogP contribution in [-0.4, -0.2) is 51.3 Å². The first-order chi connectivity index (χ1) is 11.8. The summed E-state index contributed by atoms with van der Waals surface area (Å²) in [5.41, 5.74) is 0.161. The smallest absolute Gasteiger partial charge is 0.481 e. The quantitative estimate of drug-likeness (QED) is 0.504. The third kappa shape index (κ3) is 6.94. The molecule has 1 aliphatic carbocycles. The molecule has 1 amide bonds. The van der Waals surface area contributed by atoms with E-state index >= 15 is 0 Å². The summed E-state index contributed by atoms with van der Waals surface area (Å²) in [5, 5.41) is 21.7. The van der Waals surface area contributed by atoms with E-state index in [1.54, 1.807) is 0 Å². The highest BCUT2D eigenvalue weighted by molar-refractivity contribution is 5.94. The number of amides is 1. The number of aryl methyl sites for hydroxylation is 1. The first-order valence-electron chi connectivity index (χ1n) is 6.89. The summed E-state index contributed by atoms with van der Waals surface area (Å²) in [6.45, 7) is 0.179. The number of nitrogens with one attached hydrogen (secondary N) is 1. The van der Waals surface area contributed by atoms with Crippen molar-refractivity contribution in [1.82, 2.24) is 10.4 Å². The van der Waals surface area contributed by atoms with Gasteiger partial charge in [-0.2, -0.15) is 13.2 Å². The average molecular weight is 386 g/mol. The van der Waals surface area contributed by atoms with Crippen molar-refractivity contribution in [2.45, 2.75) is 37.5 Å². The molecule has 13 heteroatoms. The van der Waals surface area contributed by atoms with Gasteiger partial charge in [-0.1, -0.05) is 4.68 Å². The van der Waals surface area contributed by atoms with Crippen molar-refractivity contribution in [3.63, 3.8) is 0 Å². The lowest BCUT2D eigenvalue weighted by Crippen LogP contribution is -2.39. The molecule has 8 nitrogen and oxygen atoms in total. The minimum atomic E-state index is -5.08. The number of aromatic nitrogens is 2. The van der Waals surface area contributed by atoms with E-state index in [9.17, 15) is 31.5 Å². The zero-order valence-electron chi connectivity index (χ0n) is 12.8. The Morgan fingerprint density at radius 2 is 1.85 bits per heavy atom. The van der Waals surface area contributed by atoms with Crippen molar-refractivity contribution in [2.75, 3.05) is 0 Å². The maximum atomic E-state index is 12.6. The highest BCUT2D eigenvalue weighted by atomic mass is 19.4. The number of hydrogen-bond acceptors (Lipinski definition) is 4. The lowest BCUT2D eigenvalue weighted by Gasteiger charge is -2.02. The van der Waals surface area contributed by atoms with Gasteiger partial charge in [-0.15, -0.1) is 0 Å². The number of rotatable bonds is 5. The zero-order valence-corrected chi connectivity index (χ0v) is 12.8. The van der Waals surface area contributed by atoms with Gasteiger partial charge in [0.15, 0.2) is 12.7 Å². The molecule has 1 fully saturated rings. The summed E-state index contributed by atoms with van der Waals surface area (Å²) >= 11 is 0. The number of carboxylic acids is 2. The number of halogens is 5. The number of hydrogen-bond donors (Lipinski definition) is 3. The molecule has 0 saturated heterocycles. The van der Waals surface area contributed by atoms with E-state index in [4.69, 9.17) is 15.0 Å². The van der Waals surface area contributed by atoms with Crippen molar-refractivity contribution < 1.29 is 51.2 Å². The molecule has 1 heterocycles. The van der Waals surface area contributed by atoms with Gasteiger partial charge in [0.05, 0.1) is 11.6 Å². The van der Waals surface area contributed by atoms with Crippen molar-refractivity contribution in [3.05, 3.63) is 24.0 Å². The van der Waals surface area contributed by atoms with Crippen LogP contribution < -0.4 is 10.00 Å². The van der Waals surface area contributed by atoms with E-state index < -0.39 is 36.0 Å². The summed E-state index contributed by atoms with van der Waals surface area (Å²) in [4.78, 5) is 30.8. The molecule has 0 spiro atoms. The fourth-order valence-electron chi connectivity index (χ4n) is 1.47. The fourth-order valence-corrected chi connectivity index (χ4v) is 1.47. The van der Waals surface area contributed by atoms with Crippen LogP contribution in [0.5, 0.6) is 0 Å².